The van der Waals surface area contributed by atoms with Crippen LogP contribution in [0.4, 0.5) is 26.3 Å². The monoisotopic (exact) mass is 743 g/mol. The highest BCUT2D eigenvalue weighted by Gasteiger charge is 2.39. The fourth-order valence-electron chi connectivity index (χ4n) is 4.79. The second-order valence-electron chi connectivity index (χ2n) is 11.3. The van der Waals surface area contributed by atoms with Crippen molar-refractivity contribution in [1.29, 1.82) is 0 Å². The Hall–Kier alpha value is -5.16. The second-order valence-corrected chi connectivity index (χ2v) is 11.7. The van der Waals surface area contributed by atoms with Crippen LogP contribution in [-0.2, 0) is 32.1 Å². The summed E-state index contributed by atoms with van der Waals surface area (Å²) >= 11 is 6.15. The lowest BCUT2D eigenvalue weighted by Gasteiger charge is -2.17. The molecule has 51 heavy (non-hydrogen) atoms. The van der Waals surface area contributed by atoms with Gasteiger partial charge >= 0.3 is 24.3 Å². The lowest BCUT2D eigenvalue weighted by molar-refractivity contribution is -0.193. The molecule has 3 atom stereocenters. The minimum atomic E-state index is -5.08. The van der Waals surface area contributed by atoms with E-state index in [0.717, 1.165) is 30.3 Å². The van der Waals surface area contributed by atoms with Crippen LogP contribution in [0.15, 0.2) is 73.1 Å². The van der Waals surface area contributed by atoms with Gasteiger partial charge in [0.15, 0.2) is 0 Å². The first-order valence-corrected chi connectivity index (χ1v) is 15.4. The molecule has 6 N–H and O–H groups in total. The van der Waals surface area contributed by atoms with Gasteiger partial charge in [-0.3, -0.25) is 9.59 Å². The summed E-state index contributed by atoms with van der Waals surface area (Å²) in [5.74, 6) is -5.54. The molecule has 1 fully saturated rings. The number of fused-ring (bicyclic) bond motifs is 1. The third-order valence-corrected chi connectivity index (χ3v) is 7.68. The van der Waals surface area contributed by atoms with Gasteiger partial charge in [-0.05, 0) is 60.5 Å². The molecule has 5 rings (SSSR count). The number of hydrogen-bond acceptors (Lipinski definition) is 6. The standard InChI is InChI=1S/C29H30ClN5O2.2C2HF3O2/c1-18(28(36)34-16-21-12-24-25(30)17-33-27(24)32-15-21)35-29(37)26-13-20(14-31-26)11-19-7-9-23(10-8-19)22-5-3-2-4-6-22;2*3-2(4,5)1(6)7/h2-10,12,15,17-18,20,26,31H,11,13-14,16H2,1H3,(H,32,33)(H,34,36)(H,35,37);2*(H,6,7)/t18-,20-,26+;;/m0../s1. The summed E-state index contributed by atoms with van der Waals surface area (Å²) in [7, 11) is 0. The summed E-state index contributed by atoms with van der Waals surface area (Å²) in [5, 5.41) is 24.7. The largest absolute Gasteiger partial charge is 0.490 e. The molecular weight excluding hydrogens is 712 g/mol. The summed E-state index contributed by atoms with van der Waals surface area (Å²) in [4.78, 5) is 50.5. The molecule has 2 amide bonds. The van der Waals surface area contributed by atoms with Crippen molar-refractivity contribution in [3.63, 3.8) is 0 Å². The SMILES string of the molecule is C[C@H](NC(=O)[C@H]1C[C@H](Cc2ccc(-c3ccccc3)cc2)CN1)C(=O)NCc1cnc2[nH]cc(Cl)c2c1.O=C(O)C(F)(F)F.O=C(O)C(F)(F)F. The predicted octanol–water partition coefficient (Wildman–Crippen LogP) is 5.49. The number of H-pyrrole nitrogens is 1. The number of pyridine rings is 1. The average molecular weight is 744 g/mol. The zero-order valence-electron chi connectivity index (χ0n) is 26.6. The zero-order chi connectivity index (χ0) is 37.9. The average Bonchev–Trinajstić information content (AvgIpc) is 3.70. The van der Waals surface area contributed by atoms with E-state index in [-0.39, 0.29) is 17.9 Å². The highest BCUT2D eigenvalue weighted by atomic mass is 35.5. The third kappa shape index (κ3) is 12.6. The molecule has 3 heterocycles. The predicted molar refractivity (Wildman–Crippen MR) is 173 cm³/mol. The number of carbonyl (C=O) groups is 4. The van der Waals surface area contributed by atoms with E-state index >= 15 is 0 Å². The van der Waals surface area contributed by atoms with E-state index in [0.29, 0.717) is 23.1 Å². The molecule has 2 aromatic carbocycles. The minimum Gasteiger partial charge on any atom is -0.475 e. The summed E-state index contributed by atoms with van der Waals surface area (Å²) in [6, 6.07) is 19.9. The van der Waals surface area contributed by atoms with Gasteiger partial charge in [0.1, 0.15) is 11.7 Å². The van der Waals surface area contributed by atoms with Gasteiger partial charge in [0.25, 0.3) is 0 Å². The van der Waals surface area contributed by atoms with Gasteiger partial charge in [0, 0.05) is 24.3 Å². The summed E-state index contributed by atoms with van der Waals surface area (Å²) in [6.07, 6.45) is -5.14. The number of aromatic nitrogens is 2. The maximum absolute atomic E-state index is 12.8. The number of benzene rings is 2. The Morgan fingerprint density at radius 2 is 1.49 bits per heavy atom. The molecule has 18 heteroatoms. The van der Waals surface area contributed by atoms with Crippen molar-refractivity contribution in [3.05, 3.63) is 89.2 Å². The first-order chi connectivity index (χ1) is 23.8. The van der Waals surface area contributed by atoms with E-state index in [4.69, 9.17) is 31.4 Å². The van der Waals surface area contributed by atoms with Gasteiger partial charge in [-0.25, -0.2) is 14.6 Å². The number of nitrogens with zero attached hydrogens (tertiary/aromatic N) is 1. The van der Waals surface area contributed by atoms with Crippen LogP contribution in [0, 0.1) is 5.92 Å². The lowest BCUT2D eigenvalue weighted by Crippen LogP contribution is -2.49. The van der Waals surface area contributed by atoms with E-state index in [1.165, 1.54) is 16.7 Å². The number of aromatic amines is 1. The number of carbonyl (C=O) groups excluding carboxylic acids is 2. The summed E-state index contributed by atoms with van der Waals surface area (Å²) in [5.41, 5.74) is 5.19. The number of alkyl halides is 6. The quantitative estimate of drug-likeness (QED) is 0.129. The zero-order valence-corrected chi connectivity index (χ0v) is 27.4. The minimum absolute atomic E-state index is 0.147. The summed E-state index contributed by atoms with van der Waals surface area (Å²) < 4.78 is 63.5. The second kappa shape index (κ2) is 17.7. The van der Waals surface area contributed by atoms with Crippen molar-refractivity contribution in [3.8, 4) is 11.1 Å². The van der Waals surface area contributed by atoms with Crippen molar-refractivity contribution >= 4 is 46.4 Å². The van der Waals surface area contributed by atoms with Gasteiger partial charge in [-0.15, -0.1) is 0 Å². The Morgan fingerprint density at radius 1 is 0.922 bits per heavy atom. The highest BCUT2D eigenvalue weighted by molar-refractivity contribution is 6.35. The van der Waals surface area contributed by atoms with Crippen molar-refractivity contribution in [2.24, 2.45) is 5.92 Å². The number of rotatable bonds is 8. The number of carboxylic acid groups (broad SMARTS) is 2. The van der Waals surface area contributed by atoms with E-state index in [9.17, 15) is 35.9 Å². The van der Waals surface area contributed by atoms with E-state index < -0.39 is 30.3 Å². The van der Waals surface area contributed by atoms with Crippen molar-refractivity contribution in [2.75, 3.05) is 6.54 Å². The molecule has 0 bridgehead atoms. The molecule has 0 unspecified atom stereocenters. The Bertz CT molecular complexity index is 1780. The Kier molecular flexibility index (Phi) is 14.0. The number of nitrogens with one attached hydrogen (secondary N) is 4. The van der Waals surface area contributed by atoms with Crippen LogP contribution >= 0.6 is 11.6 Å². The molecule has 0 radical (unpaired) electrons. The van der Waals surface area contributed by atoms with Crippen molar-refractivity contribution in [1.82, 2.24) is 25.9 Å². The Balaban J connectivity index is 0.000000424. The molecule has 0 aliphatic carbocycles. The first kappa shape index (κ1) is 40.3. The fraction of sp³-hybridized carbons (Fsp3) is 0.303. The maximum atomic E-state index is 12.8. The van der Waals surface area contributed by atoms with Gasteiger partial charge in [-0.1, -0.05) is 66.2 Å². The molecular formula is C33H32ClF6N5O6. The molecule has 274 valence electrons. The number of carboxylic acids is 2. The fourth-order valence-corrected chi connectivity index (χ4v) is 4.99. The van der Waals surface area contributed by atoms with Crippen molar-refractivity contribution < 1.29 is 55.7 Å². The van der Waals surface area contributed by atoms with Gasteiger partial charge in [-0.2, -0.15) is 26.3 Å². The number of hydrogen-bond donors (Lipinski definition) is 6. The normalized spacial score (nSPS) is 16.2. The lowest BCUT2D eigenvalue weighted by atomic mass is 9.95. The molecule has 2 aromatic heterocycles. The maximum Gasteiger partial charge on any atom is 0.490 e. The molecule has 11 nitrogen and oxygen atoms in total. The highest BCUT2D eigenvalue weighted by Crippen LogP contribution is 2.24. The molecule has 1 aliphatic heterocycles. The number of aliphatic carboxylic acids is 2. The van der Waals surface area contributed by atoms with Gasteiger partial charge < -0.3 is 31.1 Å². The van der Waals surface area contributed by atoms with Gasteiger partial charge in [0.2, 0.25) is 11.8 Å². The molecule has 1 aliphatic rings. The van der Waals surface area contributed by atoms with Crippen LogP contribution in [0.2, 0.25) is 5.02 Å². The van der Waals surface area contributed by atoms with E-state index in [1.807, 2.05) is 24.3 Å². The topological polar surface area (TPSA) is 174 Å². The molecule has 1 saturated heterocycles. The third-order valence-electron chi connectivity index (χ3n) is 7.36. The summed E-state index contributed by atoms with van der Waals surface area (Å²) in [6.45, 7) is 2.77. The Labute approximate surface area is 291 Å². The van der Waals surface area contributed by atoms with Crippen LogP contribution in [0.25, 0.3) is 22.2 Å². The Morgan fingerprint density at radius 3 is 2.06 bits per heavy atom. The van der Waals surface area contributed by atoms with Crippen LogP contribution in [-0.4, -0.2) is 74.9 Å². The number of halogens is 7. The van der Waals surface area contributed by atoms with Crippen LogP contribution in [0.1, 0.15) is 24.5 Å². The van der Waals surface area contributed by atoms with Crippen LogP contribution in [0.3, 0.4) is 0 Å². The van der Waals surface area contributed by atoms with Crippen LogP contribution < -0.4 is 16.0 Å². The van der Waals surface area contributed by atoms with Crippen LogP contribution in [0.5, 0.6) is 0 Å². The first-order valence-electron chi connectivity index (χ1n) is 15.0. The van der Waals surface area contributed by atoms with E-state index in [1.54, 1.807) is 19.3 Å². The smallest absolute Gasteiger partial charge is 0.475 e. The van der Waals surface area contributed by atoms with Gasteiger partial charge in [0.05, 0.1) is 11.1 Å². The van der Waals surface area contributed by atoms with Crippen molar-refractivity contribution in [2.45, 2.75) is 50.7 Å². The molecule has 0 saturated carbocycles. The molecule has 0 spiro atoms. The number of amides is 2. The van der Waals surface area contributed by atoms with E-state index in [2.05, 4.69) is 62.3 Å². The molecule has 4 aromatic rings.